The Balaban J connectivity index is 0.00000218. The molecule has 0 spiro atoms. The fraction of sp³-hybridized carbons (Fsp3) is 0.462. The molecule has 0 aromatic carbocycles. The molecular formula is C26H31BrN2O. The SMILES string of the molecule is Cc1cccc[n+]1C(C(=O)C1CCCC1)c1c(C2CCCC2)cn2ccccc12.[Br-]. The molecular weight excluding hydrogens is 436 g/mol. The number of fused-ring (bicyclic) bond motifs is 1. The van der Waals surface area contributed by atoms with Crippen LogP contribution in [0.3, 0.4) is 0 Å². The minimum atomic E-state index is -0.220. The summed E-state index contributed by atoms with van der Waals surface area (Å²) in [6.45, 7) is 2.13. The monoisotopic (exact) mass is 466 g/mol. The molecule has 0 radical (unpaired) electrons. The van der Waals surface area contributed by atoms with E-state index >= 15 is 0 Å². The molecule has 2 aliphatic rings. The maximum absolute atomic E-state index is 14.0. The second kappa shape index (κ2) is 9.05. The van der Waals surface area contributed by atoms with E-state index in [-0.39, 0.29) is 28.9 Å². The van der Waals surface area contributed by atoms with E-state index in [0.717, 1.165) is 18.5 Å². The van der Waals surface area contributed by atoms with Crippen molar-refractivity contribution in [2.24, 2.45) is 5.92 Å². The molecule has 2 aliphatic carbocycles. The van der Waals surface area contributed by atoms with Gasteiger partial charge in [-0.25, -0.2) is 0 Å². The lowest BCUT2D eigenvalue weighted by atomic mass is 9.86. The number of ketones is 1. The summed E-state index contributed by atoms with van der Waals surface area (Å²) in [6.07, 6.45) is 16.1. The minimum Gasteiger partial charge on any atom is -1.00 e. The number of rotatable bonds is 5. The zero-order valence-electron chi connectivity index (χ0n) is 17.8. The first kappa shape index (κ1) is 21.3. The van der Waals surface area contributed by atoms with Crippen molar-refractivity contribution in [3.63, 3.8) is 0 Å². The van der Waals surface area contributed by atoms with Crippen LogP contribution < -0.4 is 21.5 Å². The number of pyridine rings is 2. The van der Waals surface area contributed by atoms with E-state index in [1.165, 1.54) is 55.2 Å². The van der Waals surface area contributed by atoms with Gasteiger partial charge in [-0.05, 0) is 49.3 Å². The Morgan fingerprint density at radius 2 is 1.70 bits per heavy atom. The third-order valence-corrected chi connectivity index (χ3v) is 7.23. The van der Waals surface area contributed by atoms with Crippen LogP contribution in [0.2, 0.25) is 0 Å². The number of aromatic nitrogens is 2. The smallest absolute Gasteiger partial charge is 0.244 e. The lowest BCUT2D eigenvalue weighted by molar-refractivity contribution is -0.706. The Labute approximate surface area is 189 Å². The molecule has 1 unspecified atom stereocenters. The maximum atomic E-state index is 14.0. The minimum absolute atomic E-state index is 0. The molecule has 0 amide bonds. The fourth-order valence-electron chi connectivity index (χ4n) is 5.71. The second-order valence-electron chi connectivity index (χ2n) is 9.01. The van der Waals surface area contributed by atoms with Crippen molar-refractivity contribution in [2.45, 2.75) is 70.3 Å². The van der Waals surface area contributed by atoms with Gasteiger partial charge >= 0.3 is 0 Å². The first-order valence-electron chi connectivity index (χ1n) is 11.3. The van der Waals surface area contributed by atoms with Gasteiger partial charge in [-0.3, -0.25) is 4.79 Å². The summed E-state index contributed by atoms with van der Waals surface area (Å²) in [5.74, 6) is 1.19. The summed E-state index contributed by atoms with van der Waals surface area (Å²) in [5.41, 5.74) is 5.01. The van der Waals surface area contributed by atoms with E-state index in [9.17, 15) is 4.79 Å². The van der Waals surface area contributed by atoms with Crippen LogP contribution in [0.25, 0.3) is 5.52 Å². The number of nitrogens with zero attached hydrogens (tertiary/aromatic N) is 2. The van der Waals surface area contributed by atoms with Gasteiger partial charge in [-0.15, -0.1) is 0 Å². The Kier molecular flexibility index (Phi) is 6.43. The molecule has 0 bridgehead atoms. The molecule has 4 heteroatoms. The van der Waals surface area contributed by atoms with Gasteiger partial charge in [-0.2, -0.15) is 4.57 Å². The van der Waals surface area contributed by atoms with Gasteiger partial charge < -0.3 is 21.4 Å². The number of aryl methyl sites for hydroxylation is 1. The van der Waals surface area contributed by atoms with Crippen LogP contribution in [0.4, 0.5) is 0 Å². The first-order chi connectivity index (χ1) is 14.2. The molecule has 2 saturated carbocycles. The van der Waals surface area contributed by atoms with Crippen LogP contribution in [0, 0.1) is 12.8 Å². The van der Waals surface area contributed by atoms with Gasteiger partial charge in [0, 0.05) is 37.4 Å². The van der Waals surface area contributed by atoms with Crippen LogP contribution in [-0.2, 0) is 4.79 Å². The maximum Gasteiger partial charge on any atom is 0.244 e. The molecule has 3 aromatic heterocycles. The summed E-state index contributed by atoms with van der Waals surface area (Å²) in [5, 5.41) is 0. The quantitative estimate of drug-likeness (QED) is 0.530. The van der Waals surface area contributed by atoms with Crippen LogP contribution in [-0.4, -0.2) is 10.2 Å². The van der Waals surface area contributed by atoms with E-state index in [1.807, 2.05) is 0 Å². The summed E-state index contributed by atoms with van der Waals surface area (Å²) in [6, 6.07) is 12.4. The Morgan fingerprint density at radius 3 is 2.43 bits per heavy atom. The number of hydrogen-bond acceptors (Lipinski definition) is 1. The average Bonchev–Trinajstić information content (AvgIpc) is 3.50. The van der Waals surface area contributed by atoms with Crippen LogP contribution in [0.1, 0.15) is 80.1 Å². The van der Waals surface area contributed by atoms with E-state index < -0.39 is 0 Å². The van der Waals surface area contributed by atoms with Gasteiger partial charge in [-0.1, -0.05) is 37.8 Å². The van der Waals surface area contributed by atoms with Gasteiger partial charge in [0.1, 0.15) is 0 Å². The molecule has 158 valence electrons. The lowest BCUT2D eigenvalue weighted by Gasteiger charge is -2.20. The highest BCUT2D eigenvalue weighted by Crippen LogP contribution is 2.41. The number of hydrogen-bond donors (Lipinski definition) is 0. The Bertz CT molecular complexity index is 1030. The number of carbonyl (C=O) groups excluding carboxylic acids is 1. The van der Waals surface area contributed by atoms with E-state index in [0.29, 0.717) is 11.7 Å². The van der Waals surface area contributed by atoms with E-state index in [1.54, 1.807) is 0 Å². The number of halogens is 1. The van der Waals surface area contributed by atoms with Crippen molar-refractivity contribution in [1.82, 2.24) is 4.40 Å². The molecule has 3 nitrogen and oxygen atoms in total. The first-order valence-corrected chi connectivity index (χ1v) is 11.3. The predicted octanol–water partition coefficient (Wildman–Crippen LogP) is 2.55. The van der Waals surface area contributed by atoms with Crippen LogP contribution >= 0.6 is 0 Å². The third-order valence-electron chi connectivity index (χ3n) is 7.23. The molecule has 3 heterocycles. The highest BCUT2D eigenvalue weighted by Gasteiger charge is 2.41. The molecule has 1 atom stereocenters. The standard InChI is InChI=1S/C26H31N2O.BrH/c1-19-10-6-9-17-28(19)25(26(29)21-13-4-5-14-21)24-22(20-11-2-3-12-20)18-27-16-8-7-15-23(24)27;/h6-10,15-18,20-21,25H,2-5,11-14H2,1H3;1H/q+1;/p-1. The normalized spacial score (nSPS) is 18.6. The predicted molar refractivity (Wildman–Crippen MR) is 115 cm³/mol. The largest absolute Gasteiger partial charge is 1.00 e. The van der Waals surface area contributed by atoms with Gasteiger partial charge in [0.15, 0.2) is 11.9 Å². The molecule has 0 aliphatic heterocycles. The van der Waals surface area contributed by atoms with Crippen molar-refractivity contribution in [3.05, 3.63) is 71.8 Å². The van der Waals surface area contributed by atoms with E-state index in [2.05, 4.69) is 70.9 Å². The molecule has 5 rings (SSSR count). The number of carbonyl (C=O) groups is 1. The van der Waals surface area contributed by atoms with Gasteiger partial charge in [0.25, 0.3) is 0 Å². The van der Waals surface area contributed by atoms with Crippen molar-refractivity contribution < 1.29 is 26.3 Å². The molecule has 30 heavy (non-hydrogen) atoms. The molecule has 0 saturated heterocycles. The molecule has 3 aromatic rings. The Hall–Kier alpha value is -1.94. The molecule has 2 fully saturated rings. The van der Waals surface area contributed by atoms with Crippen molar-refractivity contribution >= 4 is 11.3 Å². The average molecular weight is 467 g/mol. The zero-order chi connectivity index (χ0) is 19.8. The summed E-state index contributed by atoms with van der Waals surface area (Å²) >= 11 is 0. The van der Waals surface area contributed by atoms with Gasteiger partial charge in [0.2, 0.25) is 11.8 Å². The third kappa shape index (κ3) is 3.75. The zero-order valence-corrected chi connectivity index (χ0v) is 19.4. The summed E-state index contributed by atoms with van der Waals surface area (Å²) in [4.78, 5) is 14.0. The second-order valence-corrected chi connectivity index (χ2v) is 9.01. The van der Waals surface area contributed by atoms with Gasteiger partial charge in [0.05, 0.1) is 11.1 Å². The Morgan fingerprint density at radius 1 is 1.00 bits per heavy atom. The van der Waals surface area contributed by atoms with Crippen molar-refractivity contribution in [1.29, 1.82) is 0 Å². The number of Topliss-reactive ketones (excluding diaryl/α,β-unsaturated/α-hetero) is 1. The van der Waals surface area contributed by atoms with Crippen LogP contribution in [0.5, 0.6) is 0 Å². The lowest BCUT2D eigenvalue weighted by Crippen LogP contribution is -3.00. The van der Waals surface area contributed by atoms with Crippen LogP contribution in [0.15, 0.2) is 55.0 Å². The highest BCUT2D eigenvalue weighted by molar-refractivity contribution is 5.89. The van der Waals surface area contributed by atoms with Crippen molar-refractivity contribution in [3.8, 4) is 0 Å². The fourth-order valence-corrected chi connectivity index (χ4v) is 5.71. The van der Waals surface area contributed by atoms with Crippen molar-refractivity contribution in [2.75, 3.05) is 0 Å². The summed E-state index contributed by atoms with van der Waals surface area (Å²) < 4.78 is 4.48. The summed E-state index contributed by atoms with van der Waals surface area (Å²) in [7, 11) is 0. The highest BCUT2D eigenvalue weighted by atomic mass is 79.9. The topological polar surface area (TPSA) is 25.4 Å². The molecule has 0 N–H and O–H groups in total. The van der Waals surface area contributed by atoms with E-state index in [4.69, 9.17) is 0 Å².